The Morgan fingerprint density at radius 3 is 2.57 bits per heavy atom. The van der Waals surface area contributed by atoms with Crippen LogP contribution in [0, 0.1) is 0 Å². The third-order valence-electron chi connectivity index (χ3n) is 4.82. The van der Waals surface area contributed by atoms with Crippen LogP contribution in [0.15, 0.2) is 51.7 Å². The second-order valence-electron chi connectivity index (χ2n) is 6.83. The van der Waals surface area contributed by atoms with Crippen LogP contribution in [-0.4, -0.2) is 53.8 Å². The van der Waals surface area contributed by atoms with Crippen molar-refractivity contribution in [2.24, 2.45) is 0 Å². The van der Waals surface area contributed by atoms with E-state index in [0.717, 1.165) is 12.2 Å². The van der Waals surface area contributed by atoms with E-state index in [4.69, 9.17) is 9.15 Å². The van der Waals surface area contributed by atoms with E-state index in [2.05, 4.69) is 15.1 Å². The molecule has 1 saturated heterocycles. The Morgan fingerprint density at radius 2 is 1.87 bits per heavy atom. The van der Waals surface area contributed by atoms with Crippen LogP contribution >= 0.6 is 12.4 Å². The second-order valence-corrected chi connectivity index (χ2v) is 6.83. The molecule has 1 fully saturated rings. The lowest BCUT2D eigenvalue weighted by Crippen LogP contribution is -2.49. The molecule has 8 nitrogen and oxygen atoms in total. The molecule has 3 heterocycles. The van der Waals surface area contributed by atoms with E-state index in [1.54, 1.807) is 35.2 Å². The lowest BCUT2D eigenvalue weighted by molar-refractivity contribution is 0.0715. The molecule has 1 aromatic carbocycles. The number of anilines is 1. The molecule has 9 heteroatoms. The van der Waals surface area contributed by atoms with Crippen LogP contribution in [0.5, 0.6) is 5.88 Å². The van der Waals surface area contributed by atoms with Crippen molar-refractivity contribution >= 4 is 35.1 Å². The third-order valence-corrected chi connectivity index (χ3v) is 4.82. The third kappa shape index (κ3) is 4.54. The van der Waals surface area contributed by atoms with Crippen molar-refractivity contribution in [2.75, 3.05) is 37.7 Å². The molecule has 0 radical (unpaired) electrons. The molecular formula is C21H23ClN4O4. The van der Waals surface area contributed by atoms with Crippen molar-refractivity contribution < 1.29 is 13.9 Å². The number of hydrogen-bond acceptors (Lipinski definition) is 7. The summed E-state index contributed by atoms with van der Waals surface area (Å²) in [6.45, 7) is 4.89. The molecule has 0 saturated carbocycles. The van der Waals surface area contributed by atoms with Crippen molar-refractivity contribution in [1.82, 2.24) is 15.1 Å². The highest BCUT2D eigenvalue weighted by Gasteiger charge is 2.25. The van der Waals surface area contributed by atoms with Gasteiger partial charge in [-0.05, 0) is 24.6 Å². The number of fused-ring (bicyclic) bond motifs is 1. The van der Waals surface area contributed by atoms with E-state index in [-0.39, 0.29) is 29.5 Å². The average Bonchev–Trinajstić information content (AvgIpc) is 2.77. The van der Waals surface area contributed by atoms with Crippen LogP contribution in [0.3, 0.4) is 0 Å². The summed E-state index contributed by atoms with van der Waals surface area (Å²) in [6.07, 6.45) is 0.913. The first-order valence-electron chi connectivity index (χ1n) is 9.69. The first kappa shape index (κ1) is 21.6. The molecule has 1 amide bonds. The number of ether oxygens (including phenoxy) is 1. The number of carbonyl (C=O) groups is 1. The van der Waals surface area contributed by atoms with Gasteiger partial charge in [-0.25, -0.2) is 0 Å². The van der Waals surface area contributed by atoms with Gasteiger partial charge in [-0.15, -0.1) is 22.6 Å². The van der Waals surface area contributed by atoms with Crippen molar-refractivity contribution in [3.63, 3.8) is 0 Å². The number of nitrogens with zero attached hydrogens (tertiary/aromatic N) is 4. The molecule has 158 valence electrons. The predicted octanol–water partition coefficient (Wildman–Crippen LogP) is 2.76. The second kappa shape index (κ2) is 9.58. The Bertz CT molecular complexity index is 1060. The van der Waals surface area contributed by atoms with E-state index in [1.165, 1.54) is 6.07 Å². The fraction of sp³-hybridized carbons (Fsp3) is 0.333. The molecule has 1 aliphatic rings. The first-order valence-corrected chi connectivity index (χ1v) is 9.69. The molecule has 0 unspecified atom stereocenters. The van der Waals surface area contributed by atoms with Crippen molar-refractivity contribution in [3.8, 4) is 5.88 Å². The van der Waals surface area contributed by atoms with Crippen LogP contribution in [0.2, 0.25) is 0 Å². The highest BCUT2D eigenvalue weighted by atomic mass is 35.5. The summed E-state index contributed by atoms with van der Waals surface area (Å²) in [5, 5.41) is 8.78. The summed E-state index contributed by atoms with van der Waals surface area (Å²) < 4.78 is 11.1. The molecule has 0 N–H and O–H groups in total. The van der Waals surface area contributed by atoms with Gasteiger partial charge in [0, 0.05) is 38.3 Å². The molecule has 1 aliphatic heterocycles. The molecule has 3 aromatic rings. The van der Waals surface area contributed by atoms with Gasteiger partial charge in [0.15, 0.2) is 17.0 Å². The molecule has 0 atom stereocenters. The maximum atomic E-state index is 12.8. The van der Waals surface area contributed by atoms with Crippen LogP contribution in [0.4, 0.5) is 5.82 Å². The summed E-state index contributed by atoms with van der Waals surface area (Å²) in [4.78, 5) is 28.8. The zero-order valence-corrected chi connectivity index (χ0v) is 17.4. The van der Waals surface area contributed by atoms with Crippen molar-refractivity contribution in [2.45, 2.75) is 13.3 Å². The molecule has 2 aromatic heterocycles. The number of halogens is 1. The van der Waals surface area contributed by atoms with Crippen molar-refractivity contribution in [1.29, 1.82) is 0 Å². The molecule has 0 spiro atoms. The number of aromatic nitrogens is 2. The van der Waals surface area contributed by atoms with Crippen LogP contribution < -0.4 is 15.1 Å². The number of piperazine rings is 1. The summed E-state index contributed by atoms with van der Waals surface area (Å²) in [7, 11) is 0. The first-order chi connectivity index (χ1) is 14.2. The molecule has 0 aliphatic carbocycles. The van der Waals surface area contributed by atoms with E-state index in [1.807, 2.05) is 13.0 Å². The number of carbonyl (C=O) groups excluding carboxylic acids is 1. The average molecular weight is 431 g/mol. The van der Waals surface area contributed by atoms with E-state index in [0.29, 0.717) is 49.6 Å². The van der Waals surface area contributed by atoms with Gasteiger partial charge >= 0.3 is 0 Å². The largest absolute Gasteiger partial charge is 0.477 e. The lowest BCUT2D eigenvalue weighted by Gasteiger charge is -2.34. The minimum Gasteiger partial charge on any atom is -0.477 e. The van der Waals surface area contributed by atoms with Gasteiger partial charge in [0.05, 0.1) is 12.0 Å². The number of amides is 1. The maximum absolute atomic E-state index is 12.8. The summed E-state index contributed by atoms with van der Waals surface area (Å²) in [5.41, 5.74) is 0.206. The number of hydrogen-bond donors (Lipinski definition) is 0. The summed E-state index contributed by atoms with van der Waals surface area (Å²) >= 11 is 0. The number of benzene rings is 1. The van der Waals surface area contributed by atoms with Crippen molar-refractivity contribution in [3.05, 3.63) is 58.4 Å². The lowest BCUT2D eigenvalue weighted by atomic mass is 10.2. The Balaban J connectivity index is 0.00000256. The van der Waals surface area contributed by atoms with Gasteiger partial charge in [0.2, 0.25) is 5.88 Å². The van der Waals surface area contributed by atoms with Gasteiger partial charge in [0.1, 0.15) is 5.58 Å². The molecule has 4 rings (SSSR count). The molecule has 30 heavy (non-hydrogen) atoms. The smallest absolute Gasteiger partial charge is 0.289 e. The highest BCUT2D eigenvalue weighted by Crippen LogP contribution is 2.18. The van der Waals surface area contributed by atoms with Gasteiger partial charge in [0.25, 0.3) is 5.91 Å². The topological polar surface area (TPSA) is 88.8 Å². The standard InChI is InChI=1S/C21H22N4O4.ClH/c1-2-13-28-20-8-7-19(22-23-20)24-9-11-25(12-10-24)21(27)18-14-16(26)15-5-3-4-6-17(15)29-18;/h3-8,14H,2,9-13H2,1H3;1H. The number of rotatable bonds is 5. The minimum absolute atomic E-state index is 0. The summed E-state index contributed by atoms with van der Waals surface area (Å²) in [6, 6.07) is 11.9. The summed E-state index contributed by atoms with van der Waals surface area (Å²) in [5.74, 6) is 1.05. The van der Waals surface area contributed by atoms with Gasteiger partial charge in [-0.1, -0.05) is 19.1 Å². The normalized spacial score (nSPS) is 13.8. The fourth-order valence-corrected chi connectivity index (χ4v) is 3.27. The molecular weight excluding hydrogens is 408 g/mol. The Hall–Kier alpha value is -3.13. The van der Waals surface area contributed by atoms with Crippen LogP contribution in [0.25, 0.3) is 11.0 Å². The maximum Gasteiger partial charge on any atom is 0.289 e. The molecule has 0 bridgehead atoms. The monoisotopic (exact) mass is 430 g/mol. The van der Waals surface area contributed by atoms with Gasteiger partial charge in [-0.3, -0.25) is 9.59 Å². The SMILES string of the molecule is CCCOc1ccc(N2CCN(C(=O)c3cc(=O)c4ccccc4o3)CC2)nn1.Cl. The van der Waals surface area contributed by atoms with E-state index >= 15 is 0 Å². The van der Waals surface area contributed by atoms with Gasteiger partial charge < -0.3 is 19.0 Å². The zero-order chi connectivity index (χ0) is 20.2. The predicted molar refractivity (Wildman–Crippen MR) is 116 cm³/mol. The minimum atomic E-state index is -0.276. The van der Waals surface area contributed by atoms with Gasteiger partial charge in [-0.2, -0.15) is 0 Å². The fourth-order valence-electron chi connectivity index (χ4n) is 3.27. The quantitative estimate of drug-likeness (QED) is 0.614. The number of para-hydroxylation sites is 1. The highest BCUT2D eigenvalue weighted by molar-refractivity contribution is 5.93. The Morgan fingerprint density at radius 1 is 1.10 bits per heavy atom. The van der Waals surface area contributed by atoms with E-state index in [9.17, 15) is 9.59 Å². The Kier molecular flexibility index (Phi) is 6.89. The van der Waals surface area contributed by atoms with E-state index < -0.39 is 0 Å². The van der Waals surface area contributed by atoms with Crippen LogP contribution in [0.1, 0.15) is 23.9 Å². The zero-order valence-electron chi connectivity index (χ0n) is 16.6. The van der Waals surface area contributed by atoms with Crippen LogP contribution in [-0.2, 0) is 0 Å². The Labute approximate surface area is 179 Å².